The molecule has 1 aromatic heterocycles. The van der Waals surface area contributed by atoms with Gasteiger partial charge in [-0.3, -0.25) is 19.3 Å². The van der Waals surface area contributed by atoms with Crippen molar-refractivity contribution in [2.75, 3.05) is 11.4 Å². The first-order valence-electron chi connectivity index (χ1n) is 11.4. The van der Waals surface area contributed by atoms with Crippen molar-refractivity contribution in [2.24, 2.45) is 0 Å². The SMILES string of the molecule is O=C(NCC(=O)N(c1cccc(F)c1)[C@@H](C(=O)NC1CCCC1)c1ccccc1F)c1cccs1. The molecule has 1 heterocycles. The molecule has 0 bridgehead atoms. The molecule has 1 saturated carbocycles. The summed E-state index contributed by atoms with van der Waals surface area (Å²) in [5, 5.41) is 7.21. The quantitative estimate of drug-likeness (QED) is 0.478. The summed E-state index contributed by atoms with van der Waals surface area (Å²) in [6.45, 7) is -0.463. The molecule has 1 atom stereocenters. The van der Waals surface area contributed by atoms with Crippen molar-refractivity contribution in [3.8, 4) is 0 Å². The van der Waals surface area contributed by atoms with Crippen molar-refractivity contribution < 1.29 is 23.2 Å². The molecule has 1 aliphatic carbocycles. The molecule has 6 nitrogen and oxygen atoms in total. The zero-order chi connectivity index (χ0) is 24.8. The molecule has 2 aromatic carbocycles. The van der Waals surface area contributed by atoms with E-state index in [1.54, 1.807) is 23.6 Å². The first-order valence-corrected chi connectivity index (χ1v) is 12.3. The van der Waals surface area contributed by atoms with Gasteiger partial charge in [0.05, 0.1) is 11.4 Å². The van der Waals surface area contributed by atoms with Gasteiger partial charge in [0, 0.05) is 17.3 Å². The number of hydrogen-bond donors (Lipinski definition) is 2. The number of benzene rings is 2. The van der Waals surface area contributed by atoms with Crippen LogP contribution in [0.4, 0.5) is 14.5 Å². The predicted octanol–water partition coefficient (Wildman–Crippen LogP) is 4.59. The summed E-state index contributed by atoms with van der Waals surface area (Å²) in [6, 6.07) is 12.7. The molecular weight excluding hydrogens is 472 g/mol. The minimum absolute atomic E-state index is 0.0230. The van der Waals surface area contributed by atoms with Crippen LogP contribution in [-0.4, -0.2) is 30.3 Å². The second-order valence-corrected chi connectivity index (χ2v) is 9.27. The van der Waals surface area contributed by atoms with Crippen LogP contribution >= 0.6 is 11.3 Å². The van der Waals surface area contributed by atoms with Gasteiger partial charge in [0.2, 0.25) is 11.8 Å². The van der Waals surface area contributed by atoms with Crippen molar-refractivity contribution >= 4 is 34.7 Å². The number of thiophene rings is 1. The Morgan fingerprint density at radius 3 is 2.46 bits per heavy atom. The Kier molecular flexibility index (Phi) is 7.87. The van der Waals surface area contributed by atoms with Gasteiger partial charge in [0.25, 0.3) is 5.91 Å². The zero-order valence-corrected chi connectivity index (χ0v) is 19.7. The minimum atomic E-state index is -1.40. The second kappa shape index (κ2) is 11.2. The molecule has 0 aliphatic heterocycles. The molecule has 1 aliphatic rings. The smallest absolute Gasteiger partial charge is 0.261 e. The van der Waals surface area contributed by atoms with Crippen LogP contribution in [-0.2, 0) is 9.59 Å². The van der Waals surface area contributed by atoms with E-state index in [1.165, 1.54) is 47.7 Å². The van der Waals surface area contributed by atoms with Gasteiger partial charge in [0.15, 0.2) is 0 Å². The summed E-state index contributed by atoms with van der Waals surface area (Å²) in [6.07, 6.45) is 3.52. The van der Waals surface area contributed by atoms with Crippen LogP contribution in [0.15, 0.2) is 66.0 Å². The van der Waals surface area contributed by atoms with E-state index in [1.807, 2.05) is 0 Å². The maximum atomic E-state index is 15.0. The number of nitrogens with one attached hydrogen (secondary N) is 2. The number of anilines is 1. The molecule has 3 aromatic rings. The van der Waals surface area contributed by atoms with E-state index in [0.29, 0.717) is 4.88 Å². The Morgan fingerprint density at radius 1 is 1.00 bits per heavy atom. The summed E-state index contributed by atoms with van der Waals surface area (Å²) in [5.41, 5.74) is 0.0559. The van der Waals surface area contributed by atoms with Crippen LogP contribution in [0.2, 0.25) is 0 Å². The molecule has 0 unspecified atom stereocenters. The van der Waals surface area contributed by atoms with Crippen LogP contribution in [0.25, 0.3) is 0 Å². The maximum Gasteiger partial charge on any atom is 0.261 e. The molecule has 2 N–H and O–H groups in total. The van der Waals surface area contributed by atoms with E-state index >= 15 is 0 Å². The molecular formula is C26H25F2N3O3S. The number of hydrogen-bond acceptors (Lipinski definition) is 4. The summed E-state index contributed by atoms with van der Waals surface area (Å²) < 4.78 is 29.2. The number of carbonyl (C=O) groups is 3. The summed E-state index contributed by atoms with van der Waals surface area (Å²) in [4.78, 5) is 40.9. The van der Waals surface area contributed by atoms with Crippen LogP contribution in [0.1, 0.15) is 47.0 Å². The van der Waals surface area contributed by atoms with Gasteiger partial charge in [-0.05, 0) is 48.6 Å². The van der Waals surface area contributed by atoms with Gasteiger partial charge in [-0.1, -0.05) is 43.2 Å². The fourth-order valence-electron chi connectivity index (χ4n) is 4.24. The highest BCUT2D eigenvalue weighted by Gasteiger charge is 2.36. The minimum Gasteiger partial charge on any atom is -0.351 e. The summed E-state index contributed by atoms with van der Waals surface area (Å²) in [7, 11) is 0. The lowest BCUT2D eigenvalue weighted by atomic mass is 10.0. The Labute approximate surface area is 206 Å². The molecule has 1 fully saturated rings. The summed E-state index contributed by atoms with van der Waals surface area (Å²) in [5.74, 6) is -2.99. The number of nitrogens with zero attached hydrogens (tertiary/aromatic N) is 1. The number of rotatable bonds is 8. The number of amides is 3. The van der Waals surface area contributed by atoms with E-state index in [2.05, 4.69) is 10.6 Å². The summed E-state index contributed by atoms with van der Waals surface area (Å²) >= 11 is 1.22. The third-order valence-electron chi connectivity index (χ3n) is 5.91. The fraction of sp³-hybridized carbons (Fsp3) is 0.269. The van der Waals surface area contributed by atoms with Crippen molar-refractivity contribution in [1.82, 2.24) is 10.6 Å². The van der Waals surface area contributed by atoms with Crippen molar-refractivity contribution in [3.63, 3.8) is 0 Å². The Hall–Kier alpha value is -3.59. The lowest BCUT2D eigenvalue weighted by Crippen LogP contribution is -2.49. The standard InChI is InChI=1S/C26H25F2N3O3S/c27-17-7-5-10-19(15-17)31(23(32)16-29-25(33)22-13-6-14-35-22)24(20-11-3-4-12-21(20)28)26(34)30-18-8-1-2-9-18/h3-7,10-15,18,24H,1-2,8-9,16H2,(H,29,33)(H,30,34)/t24-/m1/s1. The molecule has 9 heteroatoms. The van der Waals surface area contributed by atoms with Crippen molar-refractivity contribution in [1.29, 1.82) is 0 Å². The molecule has 35 heavy (non-hydrogen) atoms. The highest BCUT2D eigenvalue weighted by Crippen LogP contribution is 2.31. The highest BCUT2D eigenvalue weighted by atomic mass is 32.1. The second-order valence-electron chi connectivity index (χ2n) is 8.32. The third-order valence-corrected chi connectivity index (χ3v) is 6.78. The lowest BCUT2D eigenvalue weighted by Gasteiger charge is -2.32. The van der Waals surface area contributed by atoms with Gasteiger partial charge in [-0.15, -0.1) is 11.3 Å². The van der Waals surface area contributed by atoms with Gasteiger partial charge >= 0.3 is 0 Å². The number of halogens is 2. The lowest BCUT2D eigenvalue weighted by molar-refractivity contribution is -0.126. The van der Waals surface area contributed by atoms with E-state index in [-0.39, 0.29) is 17.3 Å². The monoisotopic (exact) mass is 497 g/mol. The first kappa shape index (κ1) is 24.5. The molecule has 0 spiro atoms. The zero-order valence-electron chi connectivity index (χ0n) is 18.9. The van der Waals surface area contributed by atoms with Crippen molar-refractivity contribution in [2.45, 2.75) is 37.8 Å². The molecule has 3 amide bonds. The molecule has 0 saturated heterocycles. The molecule has 0 radical (unpaired) electrons. The van der Waals surface area contributed by atoms with E-state index in [9.17, 15) is 23.2 Å². The normalized spacial score (nSPS) is 14.3. The Balaban J connectivity index is 1.70. The first-order chi connectivity index (χ1) is 16.9. The van der Waals surface area contributed by atoms with Crippen LogP contribution in [0.5, 0.6) is 0 Å². The van der Waals surface area contributed by atoms with Gasteiger partial charge in [-0.25, -0.2) is 8.78 Å². The van der Waals surface area contributed by atoms with Gasteiger partial charge < -0.3 is 10.6 Å². The number of carbonyl (C=O) groups excluding carboxylic acids is 3. The van der Waals surface area contributed by atoms with Gasteiger partial charge in [-0.2, -0.15) is 0 Å². The van der Waals surface area contributed by atoms with Crippen LogP contribution < -0.4 is 15.5 Å². The van der Waals surface area contributed by atoms with Gasteiger partial charge in [0.1, 0.15) is 17.7 Å². The predicted molar refractivity (Wildman–Crippen MR) is 130 cm³/mol. The van der Waals surface area contributed by atoms with Crippen LogP contribution in [0, 0.1) is 11.6 Å². The fourth-order valence-corrected chi connectivity index (χ4v) is 4.88. The Bertz CT molecular complexity index is 1200. The van der Waals surface area contributed by atoms with Crippen molar-refractivity contribution in [3.05, 3.63) is 88.1 Å². The average Bonchev–Trinajstić information content (AvgIpc) is 3.56. The average molecular weight is 498 g/mol. The van der Waals surface area contributed by atoms with Crippen LogP contribution in [0.3, 0.4) is 0 Å². The van der Waals surface area contributed by atoms with E-state index < -0.39 is 41.9 Å². The third kappa shape index (κ3) is 5.92. The molecule has 182 valence electrons. The topological polar surface area (TPSA) is 78.5 Å². The largest absolute Gasteiger partial charge is 0.351 e. The maximum absolute atomic E-state index is 15.0. The highest BCUT2D eigenvalue weighted by molar-refractivity contribution is 7.12. The van der Waals surface area contributed by atoms with E-state index in [4.69, 9.17) is 0 Å². The van der Waals surface area contributed by atoms with E-state index in [0.717, 1.165) is 36.6 Å². The molecule has 4 rings (SSSR count). The Morgan fingerprint density at radius 2 is 1.77 bits per heavy atom.